The Labute approximate surface area is 99.3 Å². The highest BCUT2D eigenvalue weighted by Gasteiger charge is 2.19. The molecule has 0 bridgehead atoms. The van der Waals surface area contributed by atoms with E-state index in [4.69, 9.17) is 12.2 Å². The lowest BCUT2D eigenvalue weighted by atomic mass is 10.2. The molecule has 1 fully saturated rings. The van der Waals surface area contributed by atoms with E-state index in [1.807, 2.05) is 18.5 Å². The third-order valence-corrected chi connectivity index (χ3v) is 2.57. The highest BCUT2D eigenvalue weighted by Crippen LogP contribution is 2.12. The molecule has 84 valence electrons. The summed E-state index contributed by atoms with van der Waals surface area (Å²) in [5.74, 6) is -0.178. The molecule has 1 aliphatic rings. The predicted octanol–water partition coefficient (Wildman–Crippen LogP) is 1.41. The highest BCUT2D eigenvalue weighted by molar-refractivity contribution is 7.80. The van der Waals surface area contributed by atoms with Crippen LogP contribution < -0.4 is 10.6 Å². The zero-order chi connectivity index (χ0) is 11.7. The van der Waals surface area contributed by atoms with Crippen molar-refractivity contribution in [2.24, 2.45) is 0 Å². The Bertz CT molecular complexity index is 473. The van der Waals surface area contributed by atoms with Gasteiger partial charge in [0.05, 0.1) is 0 Å². The van der Waals surface area contributed by atoms with Crippen LogP contribution in [0.15, 0.2) is 24.2 Å². The van der Waals surface area contributed by atoms with Crippen LogP contribution in [0.3, 0.4) is 0 Å². The van der Waals surface area contributed by atoms with Gasteiger partial charge in [-0.05, 0) is 43.8 Å². The number of amides is 1. The molecule has 0 atom stereocenters. The summed E-state index contributed by atoms with van der Waals surface area (Å²) in [5, 5.41) is 5.70. The van der Waals surface area contributed by atoms with Gasteiger partial charge in [0.1, 0.15) is 5.70 Å². The predicted molar refractivity (Wildman–Crippen MR) is 66.7 cm³/mol. The zero-order valence-electron chi connectivity index (χ0n) is 9.15. The molecule has 0 radical (unpaired) electrons. The number of thiocarbonyl (C=S) groups is 1. The van der Waals surface area contributed by atoms with E-state index < -0.39 is 0 Å². The van der Waals surface area contributed by atoms with E-state index in [2.05, 4.69) is 29.0 Å². The molecule has 1 aromatic rings. The first-order valence-electron chi connectivity index (χ1n) is 5.08. The maximum Gasteiger partial charge on any atom is 0.273 e. The Hall–Kier alpha value is -1.62. The largest absolute Gasteiger partial charge is 0.351 e. The van der Waals surface area contributed by atoms with E-state index in [1.54, 1.807) is 6.08 Å². The summed E-state index contributed by atoms with van der Waals surface area (Å²) in [5.41, 5.74) is 1.47. The van der Waals surface area contributed by atoms with Crippen molar-refractivity contribution in [1.82, 2.24) is 15.2 Å². The fourth-order valence-corrected chi connectivity index (χ4v) is 1.69. The number of rotatable bonds is 2. The first-order valence-corrected chi connectivity index (χ1v) is 5.48. The molecule has 4 nitrogen and oxygen atoms in total. The second-order valence-corrected chi connectivity index (χ2v) is 4.36. The molecule has 2 N–H and O–H groups in total. The van der Waals surface area contributed by atoms with Gasteiger partial charge < -0.3 is 9.88 Å². The van der Waals surface area contributed by atoms with Crippen LogP contribution in [0.4, 0.5) is 0 Å². The Morgan fingerprint density at radius 1 is 1.44 bits per heavy atom. The van der Waals surface area contributed by atoms with E-state index in [0.29, 0.717) is 16.9 Å². The smallest absolute Gasteiger partial charge is 0.273 e. The lowest BCUT2D eigenvalue weighted by Gasteiger charge is -2.04. The number of nitrogens with zero attached hydrogens (tertiary/aromatic N) is 1. The number of nitrogens with one attached hydrogen (secondary N) is 2. The summed E-state index contributed by atoms with van der Waals surface area (Å²) >= 11 is 4.85. The molecular formula is C11H13N3OS. The van der Waals surface area contributed by atoms with Gasteiger partial charge in [0.25, 0.3) is 5.91 Å². The zero-order valence-corrected chi connectivity index (χ0v) is 9.97. The molecule has 5 heteroatoms. The van der Waals surface area contributed by atoms with Crippen molar-refractivity contribution < 1.29 is 4.79 Å². The molecule has 0 saturated carbocycles. The van der Waals surface area contributed by atoms with Gasteiger partial charge in [-0.1, -0.05) is 0 Å². The second-order valence-electron chi connectivity index (χ2n) is 3.95. The van der Waals surface area contributed by atoms with E-state index in [-0.39, 0.29) is 5.91 Å². The van der Waals surface area contributed by atoms with Gasteiger partial charge in [-0.15, -0.1) is 0 Å². The minimum absolute atomic E-state index is 0.178. The minimum atomic E-state index is -0.178. The maximum atomic E-state index is 11.4. The number of aromatic nitrogens is 1. The van der Waals surface area contributed by atoms with Crippen molar-refractivity contribution in [3.05, 3.63) is 29.7 Å². The monoisotopic (exact) mass is 235 g/mol. The van der Waals surface area contributed by atoms with Crippen molar-refractivity contribution in [2.45, 2.75) is 19.9 Å². The van der Waals surface area contributed by atoms with Gasteiger partial charge in [0.15, 0.2) is 5.11 Å². The van der Waals surface area contributed by atoms with Gasteiger partial charge in [0, 0.05) is 18.4 Å². The lowest BCUT2D eigenvalue weighted by molar-refractivity contribution is -0.115. The van der Waals surface area contributed by atoms with Crippen LogP contribution in [0.25, 0.3) is 6.08 Å². The van der Waals surface area contributed by atoms with Gasteiger partial charge in [-0.2, -0.15) is 0 Å². The third-order valence-electron chi connectivity index (χ3n) is 2.36. The van der Waals surface area contributed by atoms with Crippen LogP contribution in [0.2, 0.25) is 0 Å². The van der Waals surface area contributed by atoms with Gasteiger partial charge in [-0.25, -0.2) is 0 Å². The summed E-state index contributed by atoms with van der Waals surface area (Å²) in [4.78, 5) is 11.4. The molecule has 1 aromatic heterocycles. The second kappa shape index (κ2) is 4.09. The van der Waals surface area contributed by atoms with Gasteiger partial charge >= 0.3 is 0 Å². The summed E-state index contributed by atoms with van der Waals surface area (Å²) in [6.07, 6.45) is 5.77. The van der Waals surface area contributed by atoms with E-state index in [1.165, 1.54) is 0 Å². The number of carbonyl (C=O) groups is 1. The molecule has 0 spiro atoms. The normalized spacial score (nSPS) is 18.1. The molecule has 1 saturated heterocycles. The topological polar surface area (TPSA) is 46.1 Å². The summed E-state index contributed by atoms with van der Waals surface area (Å²) in [6, 6.07) is 2.38. The van der Waals surface area contributed by atoms with Crippen LogP contribution in [0.1, 0.15) is 25.5 Å². The number of hydrogen-bond acceptors (Lipinski definition) is 2. The maximum absolute atomic E-state index is 11.4. The van der Waals surface area contributed by atoms with Crippen LogP contribution in [-0.2, 0) is 4.79 Å². The molecule has 0 aromatic carbocycles. The van der Waals surface area contributed by atoms with E-state index in [9.17, 15) is 4.79 Å². The molecule has 0 aliphatic carbocycles. The molecular weight excluding hydrogens is 222 g/mol. The average molecular weight is 235 g/mol. The summed E-state index contributed by atoms with van der Waals surface area (Å²) in [7, 11) is 0. The molecule has 1 amide bonds. The summed E-state index contributed by atoms with van der Waals surface area (Å²) in [6.45, 7) is 4.21. The van der Waals surface area contributed by atoms with Crippen molar-refractivity contribution in [1.29, 1.82) is 0 Å². The first kappa shape index (κ1) is 10.9. The van der Waals surface area contributed by atoms with Crippen molar-refractivity contribution >= 4 is 29.3 Å². The molecule has 16 heavy (non-hydrogen) atoms. The fraction of sp³-hybridized carbons (Fsp3) is 0.273. The SMILES string of the molecule is CC(C)n1ccc(/C=C2\NC(=S)NC2=O)c1. The first-order chi connectivity index (χ1) is 7.56. The van der Waals surface area contributed by atoms with Crippen molar-refractivity contribution in [3.63, 3.8) is 0 Å². The Morgan fingerprint density at radius 2 is 2.19 bits per heavy atom. The average Bonchev–Trinajstić information content (AvgIpc) is 2.75. The highest BCUT2D eigenvalue weighted by atomic mass is 32.1. The quantitative estimate of drug-likeness (QED) is 0.602. The van der Waals surface area contributed by atoms with Gasteiger partial charge in [-0.3, -0.25) is 10.1 Å². The molecule has 1 aliphatic heterocycles. The van der Waals surface area contributed by atoms with Crippen LogP contribution in [0, 0.1) is 0 Å². The minimum Gasteiger partial charge on any atom is -0.351 e. The Morgan fingerprint density at radius 3 is 2.69 bits per heavy atom. The molecule has 0 unspecified atom stereocenters. The van der Waals surface area contributed by atoms with E-state index >= 15 is 0 Å². The molecule has 2 heterocycles. The number of hydrogen-bond donors (Lipinski definition) is 2. The Balaban J connectivity index is 2.22. The summed E-state index contributed by atoms with van der Waals surface area (Å²) < 4.78 is 2.08. The van der Waals surface area contributed by atoms with Crippen LogP contribution >= 0.6 is 12.2 Å². The fourth-order valence-electron chi connectivity index (χ4n) is 1.49. The third kappa shape index (κ3) is 2.14. The Kier molecular flexibility index (Phi) is 2.78. The van der Waals surface area contributed by atoms with Crippen LogP contribution in [-0.4, -0.2) is 15.6 Å². The van der Waals surface area contributed by atoms with Crippen LogP contribution in [0.5, 0.6) is 0 Å². The van der Waals surface area contributed by atoms with Crippen molar-refractivity contribution in [2.75, 3.05) is 0 Å². The standard InChI is InChI=1S/C11H13N3OS/c1-7(2)14-4-3-8(6-14)5-9-10(15)13-11(16)12-9/h3-7H,1-2H3,(H2,12,13,15,16)/b9-5-. The number of carbonyl (C=O) groups excluding carboxylic acids is 1. The van der Waals surface area contributed by atoms with Gasteiger partial charge in [0.2, 0.25) is 0 Å². The van der Waals surface area contributed by atoms with E-state index in [0.717, 1.165) is 5.56 Å². The molecule has 2 rings (SSSR count). The lowest BCUT2D eigenvalue weighted by Crippen LogP contribution is -2.21. The van der Waals surface area contributed by atoms with Crippen molar-refractivity contribution in [3.8, 4) is 0 Å².